The Morgan fingerprint density at radius 1 is 0.625 bits per heavy atom. The molecule has 0 aliphatic carbocycles. The summed E-state index contributed by atoms with van der Waals surface area (Å²) in [5, 5.41) is 30.7. The van der Waals surface area contributed by atoms with Gasteiger partial charge in [0.25, 0.3) is 5.91 Å². The molecule has 0 radical (unpaired) electrons. The quantitative estimate of drug-likeness (QED) is 0.300. The molecule has 3 aromatic rings. The zero-order chi connectivity index (χ0) is 24.0. The molecule has 166 valence electrons. The number of halogens is 4. The highest BCUT2D eigenvalue weighted by atomic mass is 35.5. The number of hydrogen-bond donors (Lipinski definition) is 4. The van der Waals surface area contributed by atoms with Crippen LogP contribution in [0, 0.1) is 0 Å². The molecule has 7 nitrogen and oxygen atoms in total. The van der Waals surface area contributed by atoms with Gasteiger partial charge in [-0.1, -0.05) is 46.4 Å². The SMILES string of the molecule is O=C(O)c1cc(Cl)cc(Cl)c1.O=C(O)c1ccc(NC(=O)c2cc(Cl)cc(Cl)c2)c(O)c1. The Kier molecular flexibility index (Phi) is 8.74. The summed E-state index contributed by atoms with van der Waals surface area (Å²) in [5.74, 6) is -3.09. The number of phenolic OH excluding ortho intramolecular Hbond substituents is 1. The van der Waals surface area contributed by atoms with Gasteiger partial charge in [-0.25, -0.2) is 9.59 Å². The van der Waals surface area contributed by atoms with Crippen LogP contribution in [0.4, 0.5) is 5.69 Å². The molecule has 0 fully saturated rings. The second-order valence-electron chi connectivity index (χ2n) is 6.11. The molecule has 3 aromatic carbocycles. The standard InChI is InChI=1S/C14H9Cl2NO4.C7H4Cl2O2/c15-9-3-8(4-10(16)6-9)13(19)17-11-2-1-7(14(20)21)5-12(11)18;8-5-1-4(7(10)11)2-6(9)3-5/h1-6,18H,(H,17,19)(H,20,21);1-3H,(H,10,11). The number of nitrogens with one attached hydrogen (secondary N) is 1. The van der Waals surface area contributed by atoms with E-state index in [-0.39, 0.29) is 28.1 Å². The van der Waals surface area contributed by atoms with Crippen molar-refractivity contribution in [3.63, 3.8) is 0 Å². The van der Waals surface area contributed by atoms with Crippen LogP contribution in [0.2, 0.25) is 20.1 Å². The van der Waals surface area contributed by atoms with Crippen LogP contribution in [-0.2, 0) is 0 Å². The highest BCUT2D eigenvalue weighted by Crippen LogP contribution is 2.26. The molecule has 0 bridgehead atoms. The molecule has 0 atom stereocenters. The number of rotatable bonds is 4. The summed E-state index contributed by atoms with van der Waals surface area (Å²) in [6.07, 6.45) is 0. The van der Waals surface area contributed by atoms with Gasteiger partial charge in [0, 0.05) is 25.7 Å². The number of aromatic hydroxyl groups is 1. The average Bonchev–Trinajstić information content (AvgIpc) is 2.68. The van der Waals surface area contributed by atoms with E-state index in [9.17, 15) is 19.5 Å². The molecule has 0 aliphatic rings. The zero-order valence-corrected chi connectivity index (χ0v) is 18.8. The fourth-order valence-corrected chi connectivity index (χ4v) is 3.38. The average molecular weight is 517 g/mol. The molecule has 0 saturated heterocycles. The largest absolute Gasteiger partial charge is 0.506 e. The van der Waals surface area contributed by atoms with E-state index in [4.69, 9.17) is 56.6 Å². The van der Waals surface area contributed by atoms with Crippen molar-refractivity contribution in [3.8, 4) is 5.75 Å². The molecule has 0 heterocycles. The third kappa shape index (κ3) is 7.32. The van der Waals surface area contributed by atoms with Crippen molar-refractivity contribution in [2.45, 2.75) is 0 Å². The van der Waals surface area contributed by atoms with Crippen molar-refractivity contribution in [1.82, 2.24) is 0 Å². The number of carbonyl (C=O) groups is 3. The lowest BCUT2D eigenvalue weighted by Crippen LogP contribution is -2.12. The van der Waals surface area contributed by atoms with Crippen molar-refractivity contribution in [2.75, 3.05) is 5.32 Å². The van der Waals surface area contributed by atoms with E-state index in [0.717, 1.165) is 6.07 Å². The third-order valence-corrected chi connectivity index (χ3v) is 4.60. The normalized spacial score (nSPS) is 10.0. The van der Waals surface area contributed by atoms with Gasteiger partial charge in [-0.2, -0.15) is 0 Å². The Morgan fingerprint density at radius 2 is 1.06 bits per heavy atom. The minimum absolute atomic E-state index is 0.0843. The lowest BCUT2D eigenvalue weighted by atomic mass is 10.1. The second-order valence-corrected chi connectivity index (χ2v) is 7.86. The first-order valence-corrected chi connectivity index (χ1v) is 10.0. The Hall–Kier alpha value is -2.97. The molecule has 3 rings (SSSR count). The fraction of sp³-hybridized carbons (Fsp3) is 0. The molecule has 11 heteroatoms. The van der Waals surface area contributed by atoms with Crippen LogP contribution in [-0.4, -0.2) is 33.2 Å². The number of aromatic carboxylic acids is 2. The summed E-state index contributed by atoms with van der Waals surface area (Å²) in [7, 11) is 0. The van der Waals surface area contributed by atoms with E-state index in [2.05, 4.69) is 5.32 Å². The number of carboxylic acids is 2. The fourth-order valence-electron chi connectivity index (χ4n) is 2.33. The number of hydrogen-bond acceptors (Lipinski definition) is 4. The molecule has 1 amide bonds. The molecule has 0 aliphatic heterocycles. The van der Waals surface area contributed by atoms with Gasteiger partial charge >= 0.3 is 11.9 Å². The summed E-state index contributed by atoms with van der Waals surface area (Å²) >= 11 is 22.7. The maximum Gasteiger partial charge on any atom is 0.335 e. The van der Waals surface area contributed by atoms with Gasteiger partial charge in [-0.15, -0.1) is 0 Å². The second kappa shape index (κ2) is 11.1. The first-order chi connectivity index (χ1) is 15.0. The smallest absolute Gasteiger partial charge is 0.335 e. The summed E-state index contributed by atoms with van der Waals surface area (Å²) < 4.78 is 0. The number of anilines is 1. The van der Waals surface area contributed by atoms with Crippen LogP contribution in [0.3, 0.4) is 0 Å². The molecular weight excluding hydrogens is 504 g/mol. The monoisotopic (exact) mass is 515 g/mol. The van der Waals surface area contributed by atoms with E-state index >= 15 is 0 Å². The Labute approximate surface area is 201 Å². The van der Waals surface area contributed by atoms with E-state index in [0.29, 0.717) is 20.1 Å². The number of carboxylic acid groups (broad SMARTS) is 2. The van der Waals surface area contributed by atoms with Gasteiger partial charge < -0.3 is 20.6 Å². The highest BCUT2D eigenvalue weighted by molar-refractivity contribution is 6.35. The summed E-state index contributed by atoms with van der Waals surface area (Å²) in [5.41, 5.74) is 0.314. The molecule has 0 spiro atoms. The van der Waals surface area contributed by atoms with Gasteiger partial charge in [0.05, 0.1) is 16.8 Å². The Balaban J connectivity index is 0.000000278. The van der Waals surface area contributed by atoms with E-state index in [1.165, 1.54) is 48.5 Å². The predicted molar refractivity (Wildman–Crippen MR) is 123 cm³/mol. The topological polar surface area (TPSA) is 124 Å². The molecule has 0 unspecified atom stereocenters. The zero-order valence-electron chi connectivity index (χ0n) is 15.8. The van der Waals surface area contributed by atoms with Gasteiger partial charge in [0.2, 0.25) is 0 Å². The number of phenols is 1. The summed E-state index contributed by atoms with van der Waals surface area (Å²) in [4.78, 5) is 33.2. The van der Waals surface area contributed by atoms with Crippen molar-refractivity contribution < 1.29 is 29.7 Å². The van der Waals surface area contributed by atoms with Crippen molar-refractivity contribution in [3.05, 3.63) is 91.4 Å². The first kappa shape index (κ1) is 25.3. The van der Waals surface area contributed by atoms with Gasteiger partial charge in [-0.05, 0) is 54.6 Å². The van der Waals surface area contributed by atoms with Crippen LogP contribution in [0.25, 0.3) is 0 Å². The van der Waals surface area contributed by atoms with E-state index < -0.39 is 17.8 Å². The number of amides is 1. The highest BCUT2D eigenvalue weighted by Gasteiger charge is 2.12. The van der Waals surface area contributed by atoms with Crippen molar-refractivity contribution in [1.29, 1.82) is 0 Å². The van der Waals surface area contributed by atoms with E-state index in [1.807, 2.05) is 0 Å². The summed E-state index contributed by atoms with van der Waals surface area (Å²) in [6.45, 7) is 0. The molecular formula is C21H13Cl4NO6. The lowest BCUT2D eigenvalue weighted by Gasteiger charge is -2.08. The van der Waals surface area contributed by atoms with E-state index in [1.54, 1.807) is 0 Å². The maximum atomic E-state index is 12.0. The van der Waals surface area contributed by atoms with Gasteiger partial charge in [-0.3, -0.25) is 4.79 Å². The number of carbonyl (C=O) groups excluding carboxylic acids is 1. The Morgan fingerprint density at radius 3 is 1.47 bits per heavy atom. The van der Waals surface area contributed by atoms with Crippen LogP contribution >= 0.6 is 46.4 Å². The molecule has 32 heavy (non-hydrogen) atoms. The Bertz CT molecular complexity index is 1160. The first-order valence-electron chi connectivity index (χ1n) is 8.49. The lowest BCUT2D eigenvalue weighted by molar-refractivity contribution is 0.0686. The maximum absolute atomic E-state index is 12.0. The van der Waals surface area contributed by atoms with Crippen LogP contribution in [0.1, 0.15) is 31.1 Å². The minimum Gasteiger partial charge on any atom is -0.506 e. The predicted octanol–water partition coefficient (Wildman–Crippen LogP) is 6.34. The molecule has 0 saturated carbocycles. The minimum atomic E-state index is -1.18. The summed E-state index contributed by atoms with van der Waals surface area (Å²) in [6, 6.07) is 12.1. The van der Waals surface area contributed by atoms with Crippen molar-refractivity contribution >= 4 is 69.9 Å². The van der Waals surface area contributed by atoms with Crippen LogP contribution in [0.15, 0.2) is 54.6 Å². The van der Waals surface area contributed by atoms with Gasteiger partial charge in [0.1, 0.15) is 5.75 Å². The third-order valence-electron chi connectivity index (χ3n) is 3.73. The van der Waals surface area contributed by atoms with Gasteiger partial charge in [0.15, 0.2) is 0 Å². The molecule has 0 aromatic heterocycles. The van der Waals surface area contributed by atoms with Crippen LogP contribution in [0.5, 0.6) is 5.75 Å². The number of benzene rings is 3. The van der Waals surface area contributed by atoms with Crippen molar-refractivity contribution in [2.24, 2.45) is 0 Å². The molecule has 4 N–H and O–H groups in total. The van der Waals surface area contributed by atoms with Crippen LogP contribution < -0.4 is 5.32 Å².